The molecule has 2 amide bonds. The Morgan fingerprint density at radius 3 is 2.29 bits per heavy atom. The van der Waals surface area contributed by atoms with E-state index in [9.17, 15) is 27.2 Å². The Morgan fingerprint density at radius 2 is 1.64 bits per heavy atom. The number of benzene rings is 4. The first-order valence-electron chi connectivity index (χ1n) is 13.7. The van der Waals surface area contributed by atoms with Gasteiger partial charge in [0.25, 0.3) is 0 Å². The minimum absolute atomic E-state index is 0. The number of rotatable bonds is 11. The normalized spacial score (nSPS) is 12.5. The van der Waals surface area contributed by atoms with Crippen LogP contribution in [0.2, 0.25) is 5.02 Å². The fourth-order valence-electron chi connectivity index (χ4n) is 4.61. The summed E-state index contributed by atoms with van der Waals surface area (Å²) in [4.78, 5) is 27.1. The van der Waals surface area contributed by atoms with Crippen LogP contribution >= 0.6 is 24.0 Å². The summed E-state index contributed by atoms with van der Waals surface area (Å²) in [6, 6.07) is 20.7. The van der Waals surface area contributed by atoms with E-state index < -0.39 is 41.3 Å². The number of imide groups is 1. The number of amides is 2. The van der Waals surface area contributed by atoms with Crippen molar-refractivity contribution in [1.29, 1.82) is 0 Å². The van der Waals surface area contributed by atoms with Crippen LogP contribution in [0.1, 0.15) is 47.1 Å². The second-order valence-corrected chi connectivity index (χ2v) is 10.4. The van der Waals surface area contributed by atoms with E-state index in [4.69, 9.17) is 22.1 Å². The van der Waals surface area contributed by atoms with Crippen LogP contribution in [-0.4, -0.2) is 17.9 Å². The van der Waals surface area contributed by atoms with Crippen molar-refractivity contribution in [3.05, 3.63) is 130 Å². The summed E-state index contributed by atoms with van der Waals surface area (Å²) < 4.78 is 60.2. The van der Waals surface area contributed by atoms with Gasteiger partial charge >= 0.3 is 6.18 Å². The lowest BCUT2D eigenvalue weighted by molar-refractivity contribution is -0.137. The lowest BCUT2D eigenvalue weighted by Gasteiger charge is -2.23. The highest BCUT2D eigenvalue weighted by molar-refractivity contribution is 6.30. The van der Waals surface area contributed by atoms with Gasteiger partial charge in [0, 0.05) is 29.2 Å². The minimum Gasteiger partial charge on any atom is -0.457 e. The topological polar surface area (TPSA) is 93.5 Å². The molecule has 0 bridgehead atoms. The number of ether oxygens (including phenoxy) is 1. The molecule has 0 saturated heterocycles. The third-order valence-corrected chi connectivity index (χ3v) is 7.19. The fourth-order valence-corrected chi connectivity index (χ4v) is 4.77. The lowest BCUT2D eigenvalue weighted by Crippen LogP contribution is -2.47. The molecule has 12 heteroatoms. The van der Waals surface area contributed by atoms with E-state index >= 15 is 0 Å². The Labute approximate surface area is 269 Å². The van der Waals surface area contributed by atoms with E-state index in [1.807, 2.05) is 0 Å². The molecule has 0 fully saturated rings. The van der Waals surface area contributed by atoms with E-state index in [2.05, 4.69) is 10.6 Å². The Morgan fingerprint density at radius 1 is 0.933 bits per heavy atom. The van der Waals surface area contributed by atoms with Crippen molar-refractivity contribution in [2.75, 3.05) is 0 Å². The SMILES string of the molecule is CCC(NCc1ccccc1F)C(=O)NC(=O)C(c1ccc(C(F)(F)F)cc1)c1ccc(Cl)cc1Oc1cccc(CN)c1.Cl. The van der Waals surface area contributed by atoms with E-state index in [0.29, 0.717) is 11.3 Å². The van der Waals surface area contributed by atoms with Gasteiger partial charge in [-0.05, 0) is 60.0 Å². The molecule has 0 spiro atoms. The van der Waals surface area contributed by atoms with Gasteiger partial charge in [-0.15, -0.1) is 12.4 Å². The Kier molecular flexibility index (Phi) is 12.5. The van der Waals surface area contributed by atoms with Gasteiger partial charge in [0.1, 0.15) is 17.3 Å². The third kappa shape index (κ3) is 9.27. The van der Waals surface area contributed by atoms with Crippen molar-refractivity contribution >= 4 is 35.8 Å². The van der Waals surface area contributed by atoms with Gasteiger partial charge in [0.15, 0.2) is 0 Å². The zero-order chi connectivity index (χ0) is 31.9. The molecular weight excluding hydrogens is 633 g/mol. The zero-order valence-corrected chi connectivity index (χ0v) is 25.6. The molecule has 2 atom stereocenters. The maximum Gasteiger partial charge on any atom is 0.416 e. The zero-order valence-electron chi connectivity index (χ0n) is 24.0. The van der Waals surface area contributed by atoms with E-state index in [1.165, 1.54) is 36.4 Å². The van der Waals surface area contributed by atoms with Crippen LogP contribution in [-0.2, 0) is 28.9 Å². The van der Waals surface area contributed by atoms with Crippen molar-refractivity contribution in [1.82, 2.24) is 10.6 Å². The van der Waals surface area contributed by atoms with Crippen LogP contribution in [0.4, 0.5) is 17.6 Å². The number of hydrogen-bond acceptors (Lipinski definition) is 5. The highest BCUT2D eigenvalue weighted by atomic mass is 35.5. The molecule has 0 aliphatic heterocycles. The first-order valence-corrected chi connectivity index (χ1v) is 14.1. The second kappa shape index (κ2) is 15.9. The van der Waals surface area contributed by atoms with Crippen molar-refractivity contribution in [2.24, 2.45) is 5.73 Å². The molecule has 4 aromatic rings. The molecule has 0 saturated carbocycles. The van der Waals surface area contributed by atoms with Crippen molar-refractivity contribution in [3.8, 4) is 11.5 Å². The number of halogens is 6. The number of alkyl halides is 3. The number of carbonyl (C=O) groups excluding carboxylic acids is 2. The number of nitrogens with two attached hydrogens (primary N) is 1. The van der Waals surface area contributed by atoms with Crippen molar-refractivity contribution in [2.45, 2.75) is 44.6 Å². The molecule has 4 N–H and O–H groups in total. The molecule has 0 aromatic heterocycles. The Bertz CT molecular complexity index is 1620. The predicted molar refractivity (Wildman–Crippen MR) is 167 cm³/mol. The van der Waals surface area contributed by atoms with Crippen molar-refractivity contribution < 1.29 is 31.9 Å². The molecule has 2 unspecified atom stereocenters. The van der Waals surface area contributed by atoms with Gasteiger partial charge in [-0.1, -0.05) is 67.1 Å². The number of nitrogens with one attached hydrogen (secondary N) is 2. The number of hydrogen-bond donors (Lipinski definition) is 3. The number of carbonyl (C=O) groups is 2. The summed E-state index contributed by atoms with van der Waals surface area (Å²) in [6.07, 6.45) is -4.32. The average molecular weight is 665 g/mol. The van der Waals surface area contributed by atoms with Gasteiger partial charge in [-0.3, -0.25) is 14.9 Å². The molecule has 0 radical (unpaired) electrons. The van der Waals surface area contributed by atoms with Crippen LogP contribution in [0.25, 0.3) is 0 Å². The highest BCUT2D eigenvalue weighted by Crippen LogP contribution is 2.38. The summed E-state index contributed by atoms with van der Waals surface area (Å²) in [5.74, 6) is -2.65. The highest BCUT2D eigenvalue weighted by Gasteiger charge is 2.33. The first-order chi connectivity index (χ1) is 21.0. The first kappa shape index (κ1) is 35.5. The summed E-state index contributed by atoms with van der Waals surface area (Å²) in [5, 5.41) is 5.62. The second-order valence-electron chi connectivity index (χ2n) is 9.98. The van der Waals surface area contributed by atoms with E-state index in [1.54, 1.807) is 49.4 Å². The van der Waals surface area contributed by atoms with Gasteiger partial charge in [-0.2, -0.15) is 13.2 Å². The van der Waals surface area contributed by atoms with E-state index in [-0.39, 0.29) is 53.8 Å². The summed E-state index contributed by atoms with van der Waals surface area (Å²) in [5.41, 5.74) is 6.41. The molecule has 4 aromatic carbocycles. The Hall–Kier alpha value is -3.96. The van der Waals surface area contributed by atoms with Crippen molar-refractivity contribution in [3.63, 3.8) is 0 Å². The van der Waals surface area contributed by atoms with Gasteiger partial charge < -0.3 is 15.8 Å². The maximum atomic E-state index is 14.1. The molecule has 6 nitrogen and oxygen atoms in total. The van der Waals surface area contributed by atoms with Gasteiger partial charge in [0.2, 0.25) is 11.8 Å². The molecule has 45 heavy (non-hydrogen) atoms. The summed E-state index contributed by atoms with van der Waals surface area (Å²) in [7, 11) is 0. The molecule has 0 aliphatic rings. The van der Waals surface area contributed by atoms with Gasteiger partial charge in [-0.25, -0.2) is 4.39 Å². The van der Waals surface area contributed by atoms with Crippen LogP contribution in [0.5, 0.6) is 11.5 Å². The van der Waals surface area contributed by atoms with Crippen LogP contribution in [0.15, 0.2) is 91.0 Å². The largest absolute Gasteiger partial charge is 0.457 e. The summed E-state index contributed by atoms with van der Waals surface area (Å²) >= 11 is 6.27. The predicted octanol–water partition coefficient (Wildman–Crippen LogP) is 7.51. The smallest absolute Gasteiger partial charge is 0.416 e. The van der Waals surface area contributed by atoms with Crippen LogP contribution < -0.4 is 21.1 Å². The third-order valence-electron chi connectivity index (χ3n) is 6.95. The monoisotopic (exact) mass is 663 g/mol. The van der Waals surface area contributed by atoms with Crippen LogP contribution in [0, 0.1) is 5.82 Å². The quantitative estimate of drug-likeness (QED) is 0.144. The molecule has 4 rings (SSSR count). The van der Waals surface area contributed by atoms with Gasteiger partial charge in [0.05, 0.1) is 17.5 Å². The standard InChI is InChI=1S/C33H30ClF4N3O3.ClH/c1-2-28(40-19-22-7-3-4-9-27(22)35)31(42)41-32(43)30(21-10-12-23(13-11-21)33(36,37)38)26-15-14-24(34)17-29(26)44-25-8-5-6-20(16-25)18-39;/h3-17,28,30,40H,2,18-19,39H2,1H3,(H,41,42,43);1H. The molecule has 238 valence electrons. The summed E-state index contributed by atoms with van der Waals surface area (Å²) in [6.45, 7) is 2.00. The Balaban J connectivity index is 0.00000552. The van der Waals surface area contributed by atoms with E-state index in [0.717, 1.165) is 17.7 Å². The average Bonchev–Trinajstić information content (AvgIpc) is 2.99. The lowest BCUT2D eigenvalue weighted by atomic mass is 9.89. The fraction of sp³-hybridized carbons (Fsp3) is 0.212. The molecular formula is C33H31Cl2F4N3O3. The molecule has 0 aliphatic carbocycles. The minimum atomic E-state index is -4.59. The molecule has 0 heterocycles. The van der Waals surface area contributed by atoms with Crippen LogP contribution in [0.3, 0.4) is 0 Å². The maximum absolute atomic E-state index is 14.1.